The molecule has 2 aromatic carbocycles. The summed E-state index contributed by atoms with van der Waals surface area (Å²) in [4.78, 5) is 12.4. The van der Waals surface area contributed by atoms with Crippen LogP contribution < -0.4 is 10.6 Å². The number of halogens is 2. The summed E-state index contributed by atoms with van der Waals surface area (Å²) in [5, 5.41) is 26.2. The number of aliphatic hydroxyl groups is 2. The molecule has 4 N–H and O–H groups in total. The number of hydrogen-bond donors (Lipinski definition) is 4. The normalized spacial score (nSPS) is 22.2. The Kier molecular flexibility index (Phi) is 6.04. The molecule has 0 radical (unpaired) electrons. The zero-order chi connectivity index (χ0) is 18.7. The molecule has 1 unspecified atom stereocenters. The summed E-state index contributed by atoms with van der Waals surface area (Å²) in [6.07, 6.45) is -0.675. The first-order chi connectivity index (χ1) is 12.4. The molecule has 0 aromatic heterocycles. The average molecular weight is 395 g/mol. The first-order valence-corrected chi connectivity index (χ1v) is 9.14. The molecule has 7 heteroatoms. The number of rotatable bonds is 5. The van der Waals surface area contributed by atoms with Crippen LogP contribution in [0.25, 0.3) is 0 Å². The van der Waals surface area contributed by atoms with Crippen molar-refractivity contribution in [2.45, 2.75) is 37.5 Å². The van der Waals surface area contributed by atoms with E-state index in [1.165, 1.54) is 0 Å². The molecular formula is C19H20Cl2N2O3. The Morgan fingerprint density at radius 3 is 2.27 bits per heavy atom. The number of amides is 1. The fourth-order valence-electron chi connectivity index (χ4n) is 3.11. The van der Waals surface area contributed by atoms with Gasteiger partial charge in [-0.15, -0.1) is 0 Å². The lowest BCUT2D eigenvalue weighted by Crippen LogP contribution is -2.34. The smallest absolute Gasteiger partial charge is 0.224 e. The zero-order valence-corrected chi connectivity index (χ0v) is 15.5. The second-order valence-electron chi connectivity index (χ2n) is 6.43. The quantitative estimate of drug-likeness (QED) is 0.627. The molecule has 1 amide bonds. The maximum absolute atomic E-state index is 12.4. The molecular weight excluding hydrogens is 375 g/mol. The minimum atomic E-state index is -0.781. The van der Waals surface area contributed by atoms with Crippen LogP contribution in [0, 0.1) is 0 Å². The van der Waals surface area contributed by atoms with E-state index in [0.717, 1.165) is 11.3 Å². The molecule has 2 aromatic rings. The Morgan fingerprint density at radius 2 is 1.62 bits per heavy atom. The molecule has 1 aliphatic rings. The highest BCUT2D eigenvalue weighted by Crippen LogP contribution is 2.33. The monoisotopic (exact) mass is 394 g/mol. The summed E-state index contributed by atoms with van der Waals surface area (Å²) in [7, 11) is 0. The Bertz CT molecular complexity index is 770. The lowest BCUT2D eigenvalue weighted by Gasteiger charge is -2.16. The minimum absolute atomic E-state index is 0.161. The van der Waals surface area contributed by atoms with Crippen LogP contribution in [0.1, 0.15) is 18.4 Å². The molecule has 0 bridgehead atoms. The maximum atomic E-state index is 12.4. The summed E-state index contributed by atoms with van der Waals surface area (Å²) >= 11 is 12.4. The summed E-state index contributed by atoms with van der Waals surface area (Å²) in [6, 6.07) is 12.4. The van der Waals surface area contributed by atoms with Gasteiger partial charge in [0.1, 0.15) is 0 Å². The topological polar surface area (TPSA) is 81.6 Å². The Labute approximate surface area is 161 Å². The van der Waals surface area contributed by atoms with Crippen molar-refractivity contribution < 1.29 is 15.0 Å². The summed E-state index contributed by atoms with van der Waals surface area (Å²) in [5.74, 6) is -0.171. The van der Waals surface area contributed by atoms with Gasteiger partial charge < -0.3 is 20.8 Å². The van der Waals surface area contributed by atoms with Crippen LogP contribution in [0.5, 0.6) is 0 Å². The van der Waals surface area contributed by atoms with E-state index >= 15 is 0 Å². The number of carbonyl (C=O) groups is 1. The van der Waals surface area contributed by atoms with E-state index in [1.807, 2.05) is 24.3 Å². The van der Waals surface area contributed by atoms with Crippen LogP contribution in [0.2, 0.25) is 10.0 Å². The molecule has 5 nitrogen and oxygen atoms in total. The van der Waals surface area contributed by atoms with E-state index in [1.54, 1.807) is 18.2 Å². The summed E-state index contributed by atoms with van der Waals surface area (Å²) in [5.41, 5.74) is 2.12. The lowest BCUT2D eigenvalue weighted by molar-refractivity contribution is -0.121. The molecule has 3 atom stereocenters. The van der Waals surface area contributed by atoms with Crippen LogP contribution in [0.15, 0.2) is 42.5 Å². The lowest BCUT2D eigenvalue weighted by atomic mass is 10.1. The van der Waals surface area contributed by atoms with Gasteiger partial charge in [-0.3, -0.25) is 4.79 Å². The number of hydrogen-bond acceptors (Lipinski definition) is 4. The fraction of sp³-hybridized carbons (Fsp3) is 0.316. The Morgan fingerprint density at radius 1 is 1.00 bits per heavy atom. The van der Waals surface area contributed by atoms with Crippen molar-refractivity contribution in [3.05, 3.63) is 58.1 Å². The average Bonchev–Trinajstić information content (AvgIpc) is 2.90. The van der Waals surface area contributed by atoms with Gasteiger partial charge in [-0.25, -0.2) is 0 Å². The zero-order valence-electron chi connectivity index (χ0n) is 14.0. The van der Waals surface area contributed by atoms with Crippen molar-refractivity contribution in [2.24, 2.45) is 0 Å². The van der Waals surface area contributed by atoms with E-state index in [4.69, 9.17) is 23.2 Å². The number of anilines is 2. The Hall–Kier alpha value is -1.79. The van der Waals surface area contributed by atoms with E-state index in [9.17, 15) is 15.0 Å². The van der Waals surface area contributed by atoms with Crippen molar-refractivity contribution in [3.8, 4) is 0 Å². The second kappa shape index (κ2) is 8.27. The number of nitrogens with one attached hydrogen (secondary N) is 2. The van der Waals surface area contributed by atoms with Crippen molar-refractivity contribution in [1.29, 1.82) is 0 Å². The van der Waals surface area contributed by atoms with Crippen molar-refractivity contribution >= 4 is 40.5 Å². The Balaban J connectivity index is 1.70. The van der Waals surface area contributed by atoms with Crippen LogP contribution in [0.3, 0.4) is 0 Å². The van der Waals surface area contributed by atoms with Gasteiger partial charge in [-0.2, -0.15) is 0 Å². The van der Waals surface area contributed by atoms with Crippen LogP contribution in [-0.4, -0.2) is 34.4 Å². The summed E-state index contributed by atoms with van der Waals surface area (Å²) in [6.45, 7) is 0. The molecule has 0 aliphatic heterocycles. The van der Waals surface area contributed by atoms with E-state index in [2.05, 4.69) is 10.6 Å². The fourth-order valence-corrected chi connectivity index (χ4v) is 3.60. The van der Waals surface area contributed by atoms with Gasteiger partial charge in [0, 0.05) is 11.7 Å². The molecule has 1 saturated carbocycles. The van der Waals surface area contributed by atoms with Crippen LogP contribution >= 0.6 is 23.2 Å². The highest BCUT2D eigenvalue weighted by molar-refractivity contribution is 6.39. The molecule has 0 spiro atoms. The molecule has 0 heterocycles. The molecule has 138 valence electrons. The molecule has 0 saturated heterocycles. The highest BCUT2D eigenvalue weighted by Gasteiger charge is 2.32. The minimum Gasteiger partial charge on any atom is -0.390 e. The largest absolute Gasteiger partial charge is 0.390 e. The third-order valence-electron chi connectivity index (χ3n) is 4.45. The van der Waals surface area contributed by atoms with Crippen LogP contribution in [0.4, 0.5) is 11.4 Å². The molecule has 1 fully saturated rings. The van der Waals surface area contributed by atoms with Gasteiger partial charge in [0.2, 0.25) is 5.91 Å². The predicted octanol–water partition coefficient (Wildman–Crippen LogP) is 3.28. The standard InChI is InChI=1S/C19H20Cl2N2O3/c20-13-5-3-6-14(21)19(13)23-15-7-2-1-4-11(15)8-18(26)22-12-9-16(24)17(25)10-12/h1-7,12,16-17,23-25H,8-10H2,(H,22,26)/t12?,16-,17+. The van der Waals surface area contributed by atoms with Crippen molar-refractivity contribution in [3.63, 3.8) is 0 Å². The third-order valence-corrected chi connectivity index (χ3v) is 5.08. The first-order valence-electron chi connectivity index (χ1n) is 8.38. The number of benzene rings is 2. The molecule has 1 aliphatic carbocycles. The number of carbonyl (C=O) groups excluding carboxylic acids is 1. The van der Waals surface area contributed by atoms with E-state index in [0.29, 0.717) is 28.6 Å². The number of aliphatic hydroxyl groups excluding tert-OH is 2. The van der Waals surface area contributed by atoms with Gasteiger partial charge in [-0.1, -0.05) is 47.5 Å². The van der Waals surface area contributed by atoms with Crippen molar-refractivity contribution in [2.75, 3.05) is 5.32 Å². The van der Waals surface area contributed by atoms with Crippen molar-refractivity contribution in [1.82, 2.24) is 5.32 Å². The van der Waals surface area contributed by atoms with Gasteiger partial charge >= 0.3 is 0 Å². The maximum Gasteiger partial charge on any atom is 0.224 e. The van der Waals surface area contributed by atoms with E-state index < -0.39 is 12.2 Å². The van der Waals surface area contributed by atoms with Gasteiger partial charge in [0.15, 0.2) is 0 Å². The van der Waals surface area contributed by atoms with Gasteiger partial charge in [0.05, 0.1) is 34.4 Å². The van der Waals surface area contributed by atoms with Crippen LogP contribution in [-0.2, 0) is 11.2 Å². The molecule has 26 heavy (non-hydrogen) atoms. The second-order valence-corrected chi connectivity index (χ2v) is 7.24. The van der Waals surface area contributed by atoms with E-state index in [-0.39, 0.29) is 18.4 Å². The summed E-state index contributed by atoms with van der Waals surface area (Å²) < 4.78 is 0. The highest BCUT2D eigenvalue weighted by atomic mass is 35.5. The molecule has 3 rings (SSSR count). The third kappa shape index (κ3) is 4.48. The first kappa shape index (κ1) is 19.0. The number of para-hydroxylation sites is 2. The van der Waals surface area contributed by atoms with Gasteiger partial charge in [0.25, 0.3) is 0 Å². The predicted molar refractivity (Wildman–Crippen MR) is 103 cm³/mol. The van der Waals surface area contributed by atoms with Gasteiger partial charge in [-0.05, 0) is 36.6 Å². The SMILES string of the molecule is O=C(Cc1ccccc1Nc1c(Cl)cccc1Cl)NC1C[C@@H](O)[C@@H](O)C1.